The Bertz CT molecular complexity index is 856. The van der Waals surface area contributed by atoms with E-state index >= 15 is 0 Å². The second kappa shape index (κ2) is 8.18. The molecule has 0 unspecified atom stereocenters. The van der Waals surface area contributed by atoms with Crippen LogP contribution >= 0.6 is 0 Å². The van der Waals surface area contributed by atoms with Gasteiger partial charge in [0.1, 0.15) is 5.76 Å². The lowest BCUT2D eigenvalue weighted by Gasteiger charge is -2.25. The Morgan fingerprint density at radius 3 is 2.37 bits per heavy atom. The van der Waals surface area contributed by atoms with Gasteiger partial charge in [0.25, 0.3) is 11.7 Å². The minimum atomic E-state index is -0.653. The predicted octanol–water partition coefficient (Wildman–Crippen LogP) is 3.45. The molecule has 1 N–H and O–H groups in total. The van der Waals surface area contributed by atoms with Crippen LogP contribution in [0.1, 0.15) is 29.2 Å². The van der Waals surface area contributed by atoms with E-state index in [0.717, 1.165) is 11.1 Å². The second-order valence-electron chi connectivity index (χ2n) is 6.62. The Labute approximate surface area is 158 Å². The third kappa shape index (κ3) is 3.78. The maximum absolute atomic E-state index is 12.8. The van der Waals surface area contributed by atoms with Crippen molar-refractivity contribution in [3.8, 4) is 0 Å². The van der Waals surface area contributed by atoms with Crippen LogP contribution in [0.5, 0.6) is 0 Å². The number of nitrogens with zero attached hydrogens (tertiary/aromatic N) is 1. The molecule has 0 radical (unpaired) electrons. The van der Waals surface area contributed by atoms with Gasteiger partial charge >= 0.3 is 0 Å². The van der Waals surface area contributed by atoms with Gasteiger partial charge in [0.05, 0.1) is 11.6 Å². The van der Waals surface area contributed by atoms with Crippen LogP contribution in [0, 0.1) is 6.92 Å². The van der Waals surface area contributed by atoms with Crippen molar-refractivity contribution >= 4 is 17.4 Å². The van der Waals surface area contributed by atoms with Crippen molar-refractivity contribution in [2.75, 3.05) is 20.3 Å². The van der Waals surface area contributed by atoms with E-state index in [4.69, 9.17) is 4.74 Å². The highest BCUT2D eigenvalue weighted by molar-refractivity contribution is 6.46. The molecule has 2 aromatic rings. The summed E-state index contributed by atoms with van der Waals surface area (Å²) in [6.07, 6.45) is 0.608. The van der Waals surface area contributed by atoms with Crippen LogP contribution < -0.4 is 0 Å². The highest BCUT2D eigenvalue weighted by atomic mass is 16.5. The zero-order valence-electron chi connectivity index (χ0n) is 15.5. The lowest BCUT2D eigenvalue weighted by molar-refractivity contribution is -0.140. The first-order chi connectivity index (χ1) is 13.0. The number of aliphatic hydroxyl groups excluding tert-OH is 1. The van der Waals surface area contributed by atoms with Gasteiger partial charge in [-0.05, 0) is 18.9 Å². The van der Waals surface area contributed by atoms with Crippen molar-refractivity contribution in [2.45, 2.75) is 19.4 Å². The van der Waals surface area contributed by atoms with Crippen molar-refractivity contribution < 1.29 is 19.4 Å². The van der Waals surface area contributed by atoms with Gasteiger partial charge in [-0.15, -0.1) is 0 Å². The number of likely N-dealkylation sites (tertiary alicyclic amines) is 1. The highest BCUT2D eigenvalue weighted by Gasteiger charge is 2.45. The molecule has 1 heterocycles. The molecule has 1 aliphatic rings. The van der Waals surface area contributed by atoms with Gasteiger partial charge in [0.2, 0.25) is 0 Å². The number of aryl methyl sites for hydroxylation is 1. The van der Waals surface area contributed by atoms with Crippen molar-refractivity contribution in [1.82, 2.24) is 4.90 Å². The van der Waals surface area contributed by atoms with Crippen molar-refractivity contribution in [1.29, 1.82) is 0 Å². The van der Waals surface area contributed by atoms with Gasteiger partial charge in [0.15, 0.2) is 0 Å². The highest BCUT2D eigenvalue weighted by Crippen LogP contribution is 2.39. The van der Waals surface area contributed by atoms with Gasteiger partial charge in [-0.3, -0.25) is 9.59 Å². The van der Waals surface area contributed by atoms with E-state index in [-0.39, 0.29) is 11.3 Å². The smallest absolute Gasteiger partial charge is 0.295 e. The number of carbonyl (C=O) groups excluding carboxylic acids is 2. The predicted molar refractivity (Wildman–Crippen MR) is 103 cm³/mol. The number of benzene rings is 2. The summed E-state index contributed by atoms with van der Waals surface area (Å²) in [7, 11) is 1.60. The maximum Gasteiger partial charge on any atom is 0.295 e. The average molecular weight is 365 g/mol. The van der Waals surface area contributed by atoms with Crippen LogP contribution in [-0.4, -0.2) is 42.0 Å². The molecule has 0 saturated carbocycles. The number of methoxy groups -OCH3 is 1. The maximum atomic E-state index is 12.8. The summed E-state index contributed by atoms with van der Waals surface area (Å²) in [5, 5.41) is 10.8. The summed E-state index contributed by atoms with van der Waals surface area (Å²) in [4.78, 5) is 27.0. The average Bonchev–Trinajstić information content (AvgIpc) is 2.94. The molecular weight excluding hydrogens is 342 g/mol. The lowest BCUT2D eigenvalue weighted by Crippen LogP contribution is -2.31. The molecule has 1 aliphatic heterocycles. The van der Waals surface area contributed by atoms with Gasteiger partial charge in [-0.1, -0.05) is 60.2 Å². The van der Waals surface area contributed by atoms with Gasteiger partial charge in [-0.2, -0.15) is 0 Å². The quantitative estimate of drug-likeness (QED) is 0.368. The first-order valence-electron chi connectivity index (χ1n) is 8.94. The molecular formula is C22H23NO4. The van der Waals surface area contributed by atoms with E-state index in [2.05, 4.69) is 0 Å². The topological polar surface area (TPSA) is 66.8 Å². The summed E-state index contributed by atoms with van der Waals surface area (Å²) in [6, 6.07) is 15.9. The number of rotatable bonds is 6. The first-order valence-corrected chi connectivity index (χ1v) is 8.94. The summed E-state index contributed by atoms with van der Waals surface area (Å²) < 4.78 is 5.08. The van der Waals surface area contributed by atoms with Gasteiger partial charge in [0, 0.05) is 25.8 Å². The number of amides is 1. The van der Waals surface area contributed by atoms with Crippen molar-refractivity contribution in [3.05, 3.63) is 76.9 Å². The van der Waals surface area contributed by atoms with Crippen molar-refractivity contribution in [2.24, 2.45) is 0 Å². The number of ether oxygens (including phenoxy) is 1. The van der Waals surface area contributed by atoms with E-state index in [1.807, 2.05) is 37.3 Å². The van der Waals surface area contributed by atoms with Crippen LogP contribution in [0.3, 0.4) is 0 Å². The second-order valence-corrected chi connectivity index (χ2v) is 6.62. The summed E-state index contributed by atoms with van der Waals surface area (Å²) in [5.41, 5.74) is 2.53. The molecule has 1 saturated heterocycles. The van der Waals surface area contributed by atoms with Crippen LogP contribution in [0.25, 0.3) is 5.76 Å². The Kier molecular flexibility index (Phi) is 5.72. The summed E-state index contributed by atoms with van der Waals surface area (Å²) in [5.74, 6) is -1.39. The first kappa shape index (κ1) is 18.9. The van der Waals surface area contributed by atoms with Gasteiger partial charge in [-0.25, -0.2) is 0 Å². The standard InChI is InChI=1S/C22H23NO4/c1-15-9-11-16(12-10-15)19-18(20(24)17-7-4-3-5-8-17)21(25)22(26)23(19)13-6-14-27-2/h3-5,7-12,19,24H,6,13-14H2,1-2H3/t19-/m0/s1. The molecule has 5 nitrogen and oxygen atoms in total. The number of hydrogen-bond donors (Lipinski definition) is 1. The third-order valence-electron chi connectivity index (χ3n) is 4.73. The van der Waals surface area contributed by atoms with Crippen LogP contribution in [0.4, 0.5) is 0 Å². The molecule has 0 spiro atoms. The zero-order chi connectivity index (χ0) is 19.4. The third-order valence-corrected chi connectivity index (χ3v) is 4.73. The molecule has 5 heteroatoms. The number of aliphatic hydroxyl groups is 1. The molecule has 0 bridgehead atoms. The summed E-state index contributed by atoms with van der Waals surface area (Å²) >= 11 is 0. The van der Waals surface area contributed by atoms with Crippen LogP contribution in [-0.2, 0) is 14.3 Å². The van der Waals surface area contributed by atoms with E-state index in [0.29, 0.717) is 25.1 Å². The van der Waals surface area contributed by atoms with E-state index in [1.165, 1.54) is 4.90 Å². The fourth-order valence-electron chi connectivity index (χ4n) is 3.34. The number of hydrogen-bond acceptors (Lipinski definition) is 4. The van der Waals surface area contributed by atoms with Gasteiger partial charge < -0.3 is 14.7 Å². The largest absolute Gasteiger partial charge is 0.507 e. The molecule has 27 heavy (non-hydrogen) atoms. The normalized spacial score (nSPS) is 18.9. The van der Waals surface area contributed by atoms with E-state index in [1.54, 1.807) is 31.4 Å². The zero-order valence-corrected chi connectivity index (χ0v) is 15.5. The Balaban J connectivity index is 2.10. The number of carbonyl (C=O) groups is 2. The van der Waals surface area contributed by atoms with E-state index < -0.39 is 17.7 Å². The molecule has 140 valence electrons. The fraction of sp³-hybridized carbons (Fsp3) is 0.273. The monoisotopic (exact) mass is 365 g/mol. The SMILES string of the molecule is COCCCN1C(=O)C(=O)C(=C(O)c2ccccc2)[C@@H]1c1ccc(C)cc1. The Morgan fingerprint density at radius 1 is 1.07 bits per heavy atom. The number of ketones is 1. The van der Waals surface area contributed by atoms with E-state index in [9.17, 15) is 14.7 Å². The molecule has 1 amide bonds. The van der Waals surface area contributed by atoms with Crippen LogP contribution in [0.2, 0.25) is 0 Å². The molecule has 0 aromatic heterocycles. The molecule has 1 atom stereocenters. The minimum Gasteiger partial charge on any atom is -0.507 e. The Hall–Kier alpha value is -2.92. The molecule has 2 aromatic carbocycles. The molecule has 3 rings (SSSR count). The molecule has 0 aliphatic carbocycles. The molecule has 1 fully saturated rings. The van der Waals surface area contributed by atoms with Crippen molar-refractivity contribution in [3.63, 3.8) is 0 Å². The Morgan fingerprint density at radius 2 is 1.74 bits per heavy atom. The fourth-order valence-corrected chi connectivity index (χ4v) is 3.34. The minimum absolute atomic E-state index is 0.132. The lowest BCUT2D eigenvalue weighted by atomic mass is 9.94. The van der Waals surface area contributed by atoms with Crippen LogP contribution in [0.15, 0.2) is 60.2 Å². The summed E-state index contributed by atoms with van der Waals surface area (Å²) in [6.45, 7) is 2.84. The number of Topliss-reactive ketones (excluding diaryl/α,β-unsaturated/α-hetero) is 1.